The number of ether oxygens (including phenoxy) is 1. The third-order valence-corrected chi connectivity index (χ3v) is 5.04. The van der Waals surface area contributed by atoms with Crippen molar-refractivity contribution in [2.45, 2.75) is 45.4 Å². The Bertz CT molecular complexity index is 784. The molecule has 1 aliphatic carbocycles. The molecule has 1 N–H and O–H groups in total. The maximum atomic E-state index is 13.1. The van der Waals surface area contributed by atoms with Gasteiger partial charge in [0.15, 0.2) is 0 Å². The number of carboxylic acids is 1. The largest absolute Gasteiger partial charge is 0.497 e. The first-order chi connectivity index (χ1) is 11.5. The number of methoxy groups -OCH3 is 1. The monoisotopic (exact) mass is 329 g/mol. The van der Waals surface area contributed by atoms with Crippen LogP contribution in [0.5, 0.6) is 5.75 Å². The third-order valence-electron chi connectivity index (χ3n) is 5.04. The zero-order valence-corrected chi connectivity index (χ0v) is 14.2. The van der Waals surface area contributed by atoms with Crippen LogP contribution in [-0.2, 0) is 11.2 Å². The van der Waals surface area contributed by atoms with E-state index >= 15 is 0 Å². The van der Waals surface area contributed by atoms with Gasteiger partial charge in [-0.05, 0) is 43.5 Å². The van der Waals surface area contributed by atoms with Gasteiger partial charge < -0.3 is 9.84 Å². The Morgan fingerprint density at radius 1 is 1.25 bits per heavy atom. The lowest BCUT2D eigenvalue weighted by molar-refractivity contribution is -0.136. The standard InChI is InChI=1S/C19H23NO4/c1-12-15(11-18(21)22)16-10-14(24-2)8-9-17(16)20(12)19(23)13-6-4-3-5-7-13/h8-10,13H,3-7,11H2,1-2H3,(H,21,22). The summed E-state index contributed by atoms with van der Waals surface area (Å²) in [5.41, 5.74) is 2.21. The minimum Gasteiger partial charge on any atom is -0.497 e. The molecule has 0 atom stereocenters. The van der Waals surface area contributed by atoms with E-state index in [2.05, 4.69) is 0 Å². The molecule has 5 nitrogen and oxygen atoms in total. The highest BCUT2D eigenvalue weighted by molar-refractivity contribution is 5.98. The van der Waals surface area contributed by atoms with E-state index < -0.39 is 5.97 Å². The molecule has 0 unspecified atom stereocenters. The van der Waals surface area contributed by atoms with E-state index in [-0.39, 0.29) is 18.2 Å². The zero-order valence-electron chi connectivity index (χ0n) is 14.2. The molecule has 0 spiro atoms. The summed E-state index contributed by atoms with van der Waals surface area (Å²) in [6, 6.07) is 5.50. The van der Waals surface area contributed by atoms with Gasteiger partial charge in [-0.3, -0.25) is 14.2 Å². The highest BCUT2D eigenvalue weighted by Gasteiger charge is 2.27. The van der Waals surface area contributed by atoms with E-state index in [1.165, 1.54) is 6.42 Å². The summed E-state index contributed by atoms with van der Waals surface area (Å²) in [4.78, 5) is 24.3. The molecule has 0 saturated heterocycles. The van der Waals surface area contributed by atoms with Gasteiger partial charge in [0, 0.05) is 17.0 Å². The molecular formula is C19H23NO4. The predicted molar refractivity (Wildman–Crippen MR) is 91.8 cm³/mol. The Balaban J connectivity index is 2.14. The molecule has 1 heterocycles. The lowest BCUT2D eigenvalue weighted by Crippen LogP contribution is -2.24. The normalized spacial score (nSPS) is 15.6. The highest BCUT2D eigenvalue weighted by Crippen LogP contribution is 2.33. The number of nitrogens with zero attached hydrogens (tertiary/aromatic N) is 1. The lowest BCUT2D eigenvalue weighted by atomic mass is 9.88. The maximum absolute atomic E-state index is 13.1. The van der Waals surface area contributed by atoms with Crippen molar-refractivity contribution in [1.82, 2.24) is 4.57 Å². The van der Waals surface area contributed by atoms with Crippen LogP contribution in [0.3, 0.4) is 0 Å². The summed E-state index contributed by atoms with van der Waals surface area (Å²) >= 11 is 0. The maximum Gasteiger partial charge on any atom is 0.307 e. The number of carboxylic acid groups (broad SMARTS) is 1. The molecule has 128 valence electrons. The molecule has 24 heavy (non-hydrogen) atoms. The van der Waals surface area contributed by atoms with Crippen LogP contribution in [0, 0.1) is 12.8 Å². The second-order valence-electron chi connectivity index (χ2n) is 6.53. The van der Waals surface area contributed by atoms with Crippen molar-refractivity contribution in [2.75, 3.05) is 7.11 Å². The zero-order chi connectivity index (χ0) is 17.3. The van der Waals surface area contributed by atoms with E-state index in [9.17, 15) is 14.7 Å². The Morgan fingerprint density at radius 2 is 1.96 bits per heavy atom. The van der Waals surface area contributed by atoms with Crippen molar-refractivity contribution in [1.29, 1.82) is 0 Å². The molecule has 1 aromatic carbocycles. The quantitative estimate of drug-likeness (QED) is 0.926. The van der Waals surface area contributed by atoms with Crippen molar-refractivity contribution < 1.29 is 19.4 Å². The summed E-state index contributed by atoms with van der Waals surface area (Å²) in [5.74, 6) is -0.103. The van der Waals surface area contributed by atoms with Gasteiger partial charge in [0.1, 0.15) is 5.75 Å². The first kappa shape index (κ1) is 16.6. The summed E-state index contributed by atoms with van der Waals surface area (Å²) < 4.78 is 6.99. The minimum absolute atomic E-state index is 0.0350. The Morgan fingerprint density at radius 3 is 2.58 bits per heavy atom. The van der Waals surface area contributed by atoms with Crippen molar-refractivity contribution >= 4 is 22.8 Å². The number of carbonyl (C=O) groups excluding carboxylic acids is 1. The number of benzene rings is 1. The van der Waals surface area contributed by atoms with Crippen LogP contribution in [0.15, 0.2) is 18.2 Å². The number of carbonyl (C=O) groups is 2. The SMILES string of the molecule is COc1ccc2c(c1)c(CC(=O)O)c(C)n2C(=O)C1CCCCC1. The van der Waals surface area contributed by atoms with Crippen LogP contribution in [-0.4, -0.2) is 28.7 Å². The van der Waals surface area contributed by atoms with Crippen molar-refractivity contribution in [3.63, 3.8) is 0 Å². The van der Waals surface area contributed by atoms with Crippen LogP contribution in [0.4, 0.5) is 0 Å². The van der Waals surface area contributed by atoms with Crippen LogP contribution in [0.2, 0.25) is 0 Å². The van der Waals surface area contributed by atoms with Gasteiger partial charge in [0.2, 0.25) is 5.91 Å². The molecule has 0 radical (unpaired) electrons. The van der Waals surface area contributed by atoms with Crippen molar-refractivity contribution in [2.24, 2.45) is 5.92 Å². The fraction of sp³-hybridized carbons (Fsp3) is 0.474. The summed E-state index contributed by atoms with van der Waals surface area (Å²) in [6.45, 7) is 1.84. The van der Waals surface area contributed by atoms with Gasteiger partial charge in [0.05, 0.1) is 19.0 Å². The van der Waals surface area contributed by atoms with Crippen molar-refractivity contribution in [3.8, 4) is 5.75 Å². The molecule has 5 heteroatoms. The van der Waals surface area contributed by atoms with Crippen LogP contribution in [0.1, 0.15) is 48.2 Å². The van der Waals surface area contributed by atoms with E-state index in [1.54, 1.807) is 11.7 Å². The smallest absolute Gasteiger partial charge is 0.307 e. The fourth-order valence-electron chi connectivity index (χ4n) is 3.78. The number of hydrogen-bond acceptors (Lipinski definition) is 3. The second kappa shape index (κ2) is 6.67. The highest BCUT2D eigenvalue weighted by atomic mass is 16.5. The Kier molecular flexibility index (Phi) is 4.60. The first-order valence-corrected chi connectivity index (χ1v) is 8.47. The molecule has 0 bridgehead atoms. The molecule has 1 aliphatic rings. The topological polar surface area (TPSA) is 68.5 Å². The number of aromatic nitrogens is 1. The van der Waals surface area contributed by atoms with Gasteiger partial charge in [-0.1, -0.05) is 19.3 Å². The van der Waals surface area contributed by atoms with Gasteiger partial charge in [0.25, 0.3) is 0 Å². The molecule has 1 aromatic heterocycles. The summed E-state index contributed by atoms with van der Waals surface area (Å²) in [7, 11) is 1.58. The molecule has 0 aliphatic heterocycles. The van der Waals surface area contributed by atoms with E-state index in [4.69, 9.17) is 4.74 Å². The first-order valence-electron chi connectivity index (χ1n) is 8.47. The minimum atomic E-state index is -0.898. The fourth-order valence-corrected chi connectivity index (χ4v) is 3.78. The van der Waals surface area contributed by atoms with Crippen LogP contribution >= 0.6 is 0 Å². The van der Waals surface area contributed by atoms with Gasteiger partial charge in [-0.15, -0.1) is 0 Å². The third kappa shape index (κ3) is 2.90. The Labute approximate surface area is 141 Å². The van der Waals surface area contributed by atoms with Crippen LogP contribution < -0.4 is 4.74 Å². The lowest BCUT2D eigenvalue weighted by Gasteiger charge is -2.21. The van der Waals surface area contributed by atoms with Gasteiger partial charge >= 0.3 is 5.97 Å². The average Bonchev–Trinajstić information content (AvgIpc) is 2.86. The van der Waals surface area contributed by atoms with E-state index in [0.29, 0.717) is 11.3 Å². The molecular weight excluding hydrogens is 306 g/mol. The Hall–Kier alpha value is -2.30. The number of aliphatic carboxylic acids is 1. The predicted octanol–water partition coefficient (Wildman–Crippen LogP) is 3.81. The van der Waals surface area contributed by atoms with Gasteiger partial charge in [-0.25, -0.2) is 0 Å². The second-order valence-corrected chi connectivity index (χ2v) is 6.53. The number of fused-ring (bicyclic) bond motifs is 1. The van der Waals surface area contributed by atoms with E-state index in [1.807, 2.05) is 25.1 Å². The molecule has 0 amide bonds. The number of rotatable bonds is 4. The van der Waals surface area contributed by atoms with E-state index in [0.717, 1.165) is 42.3 Å². The van der Waals surface area contributed by atoms with Crippen LogP contribution in [0.25, 0.3) is 10.9 Å². The van der Waals surface area contributed by atoms with Crippen molar-refractivity contribution in [3.05, 3.63) is 29.5 Å². The molecule has 3 rings (SSSR count). The molecule has 1 saturated carbocycles. The molecule has 1 fully saturated rings. The summed E-state index contributed by atoms with van der Waals surface area (Å²) in [5, 5.41) is 10.0. The number of hydrogen-bond donors (Lipinski definition) is 1. The summed E-state index contributed by atoms with van der Waals surface area (Å²) in [6.07, 6.45) is 5.11. The molecule has 2 aromatic rings. The van der Waals surface area contributed by atoms with Gasteiger partial charge in [-0.2, -0.15) is 0 Å². The average molecular weight is 329 g/mol.